The summed E-state index contributed by atoms with van der Waals surface area (Å²) in [5.41, 5.74) is 0.797. The lowest BCUT2D eigenvalue weighted by atomic mass is 10.1. The molecule has 2 aromatic rings. The summed E-state index contributed by atoms with van der Waals surface area (Å²) in [5.74, 6) is -1.88. The van der Waals surface area contributed by atoms with Crippen LogP contribution in [-0.2, 0) is 14.8 Å². The standard InChI is InChI=1S/C18H18F2N2O3S/c1-12(16-9-6-14(19)11-17(16)20)22-18(23)10-5-13-3-7-15(8-4-13)26(24,25)21-2/h3-12,21H,1-2H3,(H,22,23)/b10-5+. The number of hydrogen-bond donors (Lipinski definition) is 2. The second-order valence-electron chi connectivity index (χ2n) is 5.51. The molecule has 0 radical (unpaired) electrons. The van der Waals surface area contributed by atoms with Crippen LogP contribution < -0.4 is 10.0 Å². The van der Waals surface area contributed by atoms with Gasteiger partial charge in [0.1, 0.15) is 11.6 Å². The Balaban J connectivity index is 2.03. The van der Waals surface area contributed by atoms with Gasteiger partial charge < -0.3 is 5.32 Å². The molecule has 0 saturated carbocycles. The van der Waals surface area contributed by atoms with Gasteiger partial charge in [0.15, 0.2) is 0 Å². The summed E-state index contributed by atoms with van der Waals surface area (Å²) in [6.45, 7) is 1.58. The summed E-state index contributed by atoms with van der Waals surface area (Å²) in [6, 6.07) is 8.46. The molecule has 0 bridgehead atoms. The van der Waals surface area contributed by atoms with Crippen molar-refractivity contribution in [1.82, 2.24) is 10.0 Å². The van der Waals surface area contributed by atoms with Gasteiger partial charge in [-0.1, -0.05) is 18.2 Å². The van der Waals surface area contributed by atoms with Crippen molar-refractivity contribution >= 4 is 22.0 Å². The second kappa shape index (κ2) is 8.20. The molecular formula is C18H18F2N2O3S. The van der Waals surface area contributed by atoms with Crippen LogP contribution in [0.25, 0.3) is 6.08 Å². The largest absolute Gasteiger partial charge is 0.346 e. The fourth-order valence-corrected chi connectivity index (χ4v) is 2.97. The minimum atomic E-state index is -3.52. The third-order valence-electron chi connectivity index (χ3n) is 3.67. The minimum absolute atomic E-state index is 0.113. The van der Waals surface area contributed by atoms with Crippen LogP contribution in [0.5, 0.6) is 0 Å². The number of halogens is 2. The predicted octanol–water partition coefficient (Wildman–Crippen LogP) is 2.76. The fourth-order valence-electron chi connectivity index (χ4n) is 2.24. The number of amides is 1. The van der Waals surface area contributed by atoms with Crippen LogP contribution in [0.1, 0.15) is 24.1 Å². The zero-order valence-corrected chi connectivity index (χ0v) is 15.0. The lowest BCUT2D eigenvalue weighted by molar-refractivity contribution is -0.117. The normalized spacial score (nSPS) is 12.9. The first kappa shape index (κ1) is 19.7. The Morgan fingerprint density at radius 1 is 1.12 bits per heavy atom. The maximum absolute atomic E-state index is 13.7. The van der Waals surface area contributed by atoms with E-state index < -0.39 is 33.6 Å². The van der Waals surface area contributed by atoms with Crippen molar-refractivity contribution in [3.63, 3.8) is 0 Å². The molecule has 1 unspecified atom stereocenters. The molecule has 0 aliphatic carbocycles. The van der Waals surface area contributed by atoms with E-state index in [1.54, 1.807) is 19.1 Å². The number of benzene rings is 2. The number of rotatable bonds is 6. The van der Waals surface area contributed by atoms with Gasteiger partial charge in [-0.25, -0.2) is 21.9 Å². The molecule has 1 atom stereocenters. The first-order valence-corrected chi connectivity index (χ1v) is 9.18. The van der Waals surface area contributed by atoms with E-state index in [1.807, 2.05) is 0 Å². The smallest absolute Gasteiger partial charge is 0.244 e. The van der Waals surface area contributed by atoms with E-state index in [1.165, 1.54) is 37.4 Å². The van der Waals surface area contributed by atoms with E-state index in [2.05, 4.69) is 10.0 Å². The molecule has 0 fully saturated rings. The van der Waals surface area contributed by atoms with Crippen molar-refractivity contribution in [1.29, 1.82) is 0 Å². The molecule has 2 rings (SSSR count). The van der Waals surface area contributed by atoms with Crippen molar-refractivity contribution in [2.45, 2.75) is 17.9 Å². The first-order valence-electron chi connectivity index (χ1n) is 7.70. The highest BCUT2D eigenvalue weighted by Crippen LogP contribution is 2.17. The van der Waals surface area contributed by atoms with Crippen LogP contribution in [0.3, 0.4) is 0 Å². The van der Waals surface area contributed by atoms with Gasteiger partial charge in [-0.2, -0.15) is 0 Å². The van der Waals surface area contributed by atoms with Gasteiger partial charge in [0.05, 0.1) is 10.9 Å². The molecule has 0 spiro atoms. The Morgan fingerprint density at radius 3 is 2.35 bits per heavy atom. The minimum Gasteiger partial charge on any atom is -0.346 e. The molecule has 1 amide bonds. The van der Waals surface area contributed by atoms with Gasteiger partial charge in [-0.05, 0) is 43.8 Å². The Bertz CT molecular complexity index is 926. The summed E-state index contributed by atoms with van der Waals surface area (Å²) in [7, 11) is -2.20. The Morgan fingerprint density at radius 2 is 1.77 bits per heavy atom. The maximum atomic E-state index is 13.7. The molecule has 0 aromatic heterocycles. The molecule has 138 valence electrons. The summed E-state index contributed by atoms with van der Waals surface area (Å²) in [4.78, 5) is 12.1. The highest BCUT2D eigenvalue weighted by Gasteiger charge is 2.13. The zero-order chi connectivity index (χ0) is 19.3. The topological polar surface area (TPSA) is 75.3 Å². The Hall–Kier alpha value is -2.58. The summed E-state index contributed by atoms with van der Waals surface area (Å²) in [5, 5.41) is 2.58. The van der Waals surface area contributed by atoms with E-state index in [9.17, 15) is 22.0 Å². The van der Waals surface area contributed by atoms with Gasteiger partial charge >= 0.3 is 0 Å². The summed E-state index contributed by atoms with van der Waals surface area (Å²) in [6.07, 6.45) is 2.75. The molecule has 2 aromatic carbocycles. The van der Waals surface area contributed by atoms with Crippen LogP contribution in [-0.4, -0.2) is 21.4 Å². The van der Waals surface area contributed by atoms with E-state index in [4.69, 9.17) is 0 Å². The van der Waals surface area contributed by atoms with Crippen LogP contribution in [0.2, 0.25) is 0 Å². The van der Waals surface area contributed by atoms with E-state index >= 15 is 0 Å². The van der Waals surface area contributed by atoms with E-state index in [0.717, 1.165) is 12.1 Å². The predicted molar refractivity (Wildman–Crippen MR) is 94.6 cm³/mol. The maximum Gasteiger partial charge on any atom is 0.244 e. The molecule has 5 nitrogen and oxygen atoms in total. The van der Waals surface area contributed by atoms with Crippen molar-refractivity contribution in [3.8, 4) is 0 Å². The van der Waals surface area contributed by atoms with E-state index in [-0.39, 0.29) is 10.5 Å². The van der Waals surface area contributed by atoms with E-state index in [0.29, 0.717) is 5.56 Å². The monoisotopic (exact) mass is 380 g/mol. The third kappa shape index (κ3) is 4.96. The Kier molecular flexibility index (Phi) is 6.23. The quantitative estimate of drug-likeness (QED) is 0.757. The van der Waals surface area contributed by atoms with Gasteiger partial charge in [-0.15, -0.1) is 0 Å². The molecule has 0 heterocycles. The third-order valence-corrected chi connectivity index (χ3v) is 5.10. The molecule has 0 aliphatic heterocycles. The zero-order valence-electron chi connectivity index (χ0n) is 14.2. The number of hydrogen-bond acceptors (Lipinski definition) is 3. The number of sulfonamides is 1. The van der Waals surface area contributed by atoms with Crippen molar-refractivity contribution in [2.24, 2.45) is 0 Å². The highest BCUT2D eigenvalue weighted by molar-refractivity contribution is 7.89. The number of carbonyl (C=O) groups is 1. The summed E-state index contributed by atoms with van der Waals surface area (Å²) < 4.78 is 52.1. The van der Waals surface area contributed by atoms with Crippen LogP contribution in [0, 0.1) is 11.6 Å². The van der Waals surface area contributed by atoms with Crippen molar-refractivity contribution < 1.29 is 22.0 Å². The second-order valence-corrected chi connectivity index (χ2v) is 7.39. The van der Waals surface area contributed by atoms with Gasteiger partial charge in [0, 0.05) is 17.7 Å². The molecule has 8 heteroatoms. The van der Waals surface area contributed by atoms with Gasteiger partial charge in [-0.3, -0.25) is 4.79 Å². The molecule has 0 saturated heterocycles. The van der Waals surface area contributed by atoms with Gasteiger partial charge in [0.25, 0.3) is 0 Å². The Labute approximate surface area is 150 Å². The van der Waals surface area contributed by atoms with Crippen LogP contribution in [0.4, 0.5) is 8.78 Å². The molecule has 0 aliphatic rings. The average Bonchev–Trinajstić information content (AvgIpc) is 2.60. The molecular weight excluding hydrogens is 362 g/mol. The number of nitrogens with one attached hydrogen (secondary N) is 2. The van der Waals surface area contributed by atoms with Crippen molar-refractivity contribution in [3.05, 3.63) is 71.3 Å². The lowest BCUT2D eigenvalue weighted by Gasteiger charge is -2.13. The SMILES string of the molecule is CNS(=O)(=O)c1ccc(/C=C/C(=O)NC(C)c2ccc(F)cc2F)cc1. The molecule has 26 heavy (non-hydrogen) atoms. The van der Waals surface area contributed by atoms with Crippen LogP contribution in [0.15, 0.2) is 53.4 Å². The summed E-state index contributed by atoms with van der Waals surface area (Å²) >= 11 is 0. The molecule has 2 N–H and O–H groups in total. The van der Waals surface area contributed by atoms with Gasteiger partial charge in [0.2, 0.25) is 15.9 Å². The lowest BCUT2D eigenvalue weighted by Crippen LogP contribution is -2.25. The average molecular weight is 380 g/mol. The van der Waals surface area contributed by atoms with Crippen LogP contribution >= 0.6 is 0 Å². The number of carbonyl (C=O) groups excluding carboxylic acids is 1. The highest BCUT2D eigenvalue weighted by atomic mass is 32.2. The van der Waals surface area contributed by atoms with Crippen molar-refractivity contribution in [2.75, 3.05) is 7.05 Å². The fraction of sp³-hybridized carbons (Fsp3) is 0.167. The first-order chi connectivity index (χ1) is 12.2.